The van der Waals surface area contributed by atoms with Gasteiger partial charge < -0.3 is 10.6 Å². The number of piperidine rings is 1. The largest absolute Gasteiger partial charge is 0.435 e. The van der Waals surface area contributed by atoms with E-state index in [1.165, 1.54) is 17.0 Å². The van der Waals surface area contributed by atoms with Crippen molar-refractivity contribution >= 4 is 5.91 Å². The summed E-state index contributed by atoms with van der Waals surface area (Å²) in [5.74, 6) is -1.60. The van der Waals surface area contributed by atoms with Gasteiger partial charge in [0.2, 0.25) is 0 Å². The summed E-state index contributed by atoms with van der Waals surface area (Å²) >= 11 is 0. The Hall–Kier alpha value is -2.49. The Bertz CT molecular complexity index is 861. The average molecular weight is 385 g/mol. The fourth-order valence-corrected chi connectivity index (χ4v) is 3.17. The molecule has 2 aromatic rings. The molecule has 1 aromatic heterocycles. The van der Waals surface area contributed by atoms with Crippen LogP contribution in [0.25, 0.3) is 5.69 Å². The third-order valence-electron chi connectivity index (χ3n) is 4.79. The molecule has 0 aliphatic carbocycles. The first-order valence-electron chi connectivity index (χ1n) is 8.34. The average Bonchev–Trinajstić information content (AvgIpc) is 3.02. The molecule has 1 aromatic carbocycles. The fourth-order valence-electron chi connectivity index (χ4n) is 3.17. The topological polar surface area (TPSA) is 77.0 Å². The lowest BCUT2D eigenvalue weighted by molar-refractivity contribution is -0.143. The van der Waals surface area contributed by atoms with E-state index in [2.05, 4.69) is 10.3 Å². The van der Waals surface area contributed by atoms with Gasteiger partial charge in [0.25, 0.3) is 5.91 Å². The molecule has 1 aliphatic rings. The molecule has 0 bridgehead atoms. The number of hydrogen-bond donors (Lipinski definition) is 1. The Morgan fingerprint density at radius 3 is 2.63 bits per heavy atom. The van der Waals surface area contributed by atoms with Gasteiger partial charge in [-0.2, -0.15) is 13.2 Å². The third-order valence-corrected chi connectivity index (χ3v) is 4.79. The summed E-state index contributed by atoms with van der Waals surface area (Å²) in [5, 5.41) is 6.95. The molecule has 0 radical (unpaired) electrons. The van der Waals surface area contributed by atoms with Crippen molar-refractivity contribution in [3.63, 3.8) is 0 Å². The molecule has 146 valence electrons. The van der Waals surface area contributed by atoms with Crippen molar-refractivity contribution in [1.29, 1.82) is 0 Å². The maximum absolute atomic E-state index is 13.7. The van der Waals surface area contributed by atoms with E-state index >= 15 is 0 Å². The van der Waals surface area contributed by atoms with Crippen LogP contribution in [0.15, 0.2) is 24.3 Å². The molecule has 1 atom stereocenters. The number of likely N-dealkylation sites (tertiary alicyclic amines) is 1. The van der Waals surface area contributed by atoms with Gasteiger partial charge >= 0.3 is 6.18 Å². The number of amides is 1. The molecule has 3 rings (SSSR count). The van der Waals surface area contributed by atoms with Crippen LogP contribution >= 0.6 is 0 Å². The van der Waals surface area contributed by atoms with Crippen molar-refractivity contribution in [3.8, 4) is 5.69 Å². The van der Waals surface area contributed by atoms with Gasteiger partial charge in [0, 0.05) is 19.1 Å². The third kappa shape index (κ3) is 3.66. The highest BCUT2D eigenvalue weighted by molar-refractivity contribution is 5.93. The van der Waals surface area contributed by atoms with Gasteiger partial charge in [-0.15, -0.1) is 5.10 Å². The van der Waals surface area contributed by atoms with E-state index in [1.807, 2.05) is 13.8 Å². The molecule has 6 nitrogen and oxygen atoms in total. The lowest BCUT2D eigenvalue weighted by Gasteiger charge is -2.42. The smallest absolute Gasteiger partial charge is 0.337 e. The molecular weight excluding hydrogens is 366 g/mol. The Morgan fingerprint density at radius 1 is 1.33 bits per heavy atom. The van der Waals surface area contributed by atoms with Crippen LogP contribution in [-0.4, -0.2) is 44.9 Å². The van der Waals surface area contributed by atoms with E-state index in [9.17, 15) is 22.4 Å². The minimum absolute atomic E-state index is 0.161. The Balaban J connectivity index is 2.03. The monoisotopic (exact) mass is 385 g/mol. The first-order valence-corrected chi connectivity index (χ1v) is 8.34. The van der Waals surface area contributed by atoms with Crippen molar-refractivity contribution in [2.45, 2.75) is 32.5 Å². The zero-order chi connectivity index (χ0) is 20.0. The highest BCUT2D eigenvalue weighted by atomic mass is 19.4. The second kappa shape index (κ2) is 6.59. The SMILES string of the molecule is CC1(C)CN(C(=O)c2nnn(-c3cccc(F)c3)c2C(F)(F)F)CCC1N. The minimum atomic E-state index is -4.90. The van der Waals surface area contributed by atoms with Gasteiger partial charge in [0.1, 0.15) is 5.82 Å². The van der Waals surface area contributed by atoms with E-state index in [-0.39, 0.29) is 24.8 Å². The van der Waals surface area contributed by atoms with Gasteiger partial charge in [-0.1, -0.05) is 25.1 Å². The molecular formula is C17H19F4N5O. The summed E-state index contributed by atoms with van der Waals surface area (Å²) in [5.41, 5.74) is 3.28. The molecule has 2 N–H and O–H groups in total. The summed E-state index contributed by atoms with van der Waals surface area (Å²) in [4.78, 5) is 14.1. The van der Waals surface area contributed by atoms with Crippen LogP contribution in [0.3, 0.4) is 0 Å². The predicted molar refractivity (Wildman–Crippen MR) is 88.6 cm³/mol. The van der Waals surface area contributed by atoms with Crippen molar-refractivity contribution < 1.29 is 22.4 Å². The van der Waals surface area contributed by atoms with Gasteiger partial charge in [-0.3, -0.25) is 4.79 Å². The highest BCUT2D eigenvalue weighted by Crippen LogP contribution is 2.35. The Labute approximate surface area is 152 Å². The molecule has 1 amide bonds. The van der Waals surface area contributed by atoms with Gasteiger partial charge in [0.05, 0.1) is 5.69 Å². The summed E-state index contributed by atoms with van der Waals surface area (Å²) in [6, 6.07) is 4.33. The van der Waals surface area contributed by atoms with Crippen molar-refractivity contribution in [1.82, 2.24) is 19.9 Å². The molecule has 0 saturated carbocycles. The highest BCUT2D eigenvalue weighted by Gasteiger charge is 2.44. The normalized spacial score (nSPS) is 20.0. The quantitative estimate of drug-likeness (QED) is 0.807. The maximum atomic E-state index is 13.7. The molecule has 27 heavy (non-hydrogen) atoms. The number of halogens is 4. The zero-order valence-corrected chi connectivity index (χ0v) is 14.8. The predicted octanol–water partition coefficient (Wildman–Crippen LogP) is 2.62. The number of rotatable bonds is 2. The lowest BCUT2D eigenvalue weighted by atomic mass is 9.79. The Morgan fingerprint density at radius 2 is 2.04 bits per heavy atom. The summed E-state index contributed by atoms with van der Waals surface area (Å²) in [6.45, 7) is 4.14. The molecule has 1 fully saturated rings. The summed E-state index contributed by atoms with van der Waals surface area (Å²) in [7, 11) is 0. The Kier molecular flexibility index (Phi) is 4.71. The van der Waals surface area contributed by atoms with Crippen LogP contribution in [0.2, 0.25) is 0 Å². The maximum Gasteiger partial charge on any atom is 0.435 e. The number of benzene rings is 1. The van der Waals surface area contributed by atoms with Crippen molar-refractivity contribution in [3.05, 3.63) is 41.5 Å². The zero-order valence-electron chi connectivity index (χ0n) is 14.8. The number of nitrogens with two attached hydrogens (primary N) is 1. The standard InChI is InChI=1S/C17H19F4N5O/c1-16(2)9-25(7-6-12(16)22)15(27)13-14(17(19,20)21)26(24-23-13)11-5-3-4-10(18)8-11/h3-5,8,12H,6-7,9,22H2,1-2H3. The molecule has 0 spiro atoms. The molecule has 10 heteroatoms. The molecule has 2 heterocycles. The summed E-state index contributed by atoms with van der Waals surface area (Å²) in [6.07, 6.45) is -4.43. The molecule has 1 unspecified atom stereocenters. The number of carbonyl (C=O) groups is 1. The van der Waals surface area contributed by atoms with Gasteiger partial charge in [-0.05, 0) is 30.0 Å². The van der Waals surface area contributed by atoms with E-state index in [0.29, 0.717) is 11.1 Å². The molecule has 1 saturated heterocycles. The second-order valence-corrected chi connectivity index (χ2v) is 7.29. The van der Waals surface area contributed by atoms with Crippen molar-refractivity contribution in [2.75, 3.05) is 13.1 Å². The number of nitrogens with zero attached hydrogens (tertiary/aromatic N) is 4. The number of aromatic nitrogens is 3. The van der Waals surface area contributed by atoms with Crippen LogP contribution in [0.4, 0.5) is 17.6 Å². The van der Waals surface area contributed by atoms with Gasteiger partial charge in [-0.25, -0.2) is 9.07 Å². The van der Waals surface area contributed by atoms with E-state index in [1.54, 1.807) is 0 Å². The van der Waals surface area contributed by atoms with E-state index in [0.717, 1.165) is 12.1 Å². The number of hydrogen-bond acceptors (Lipinski definition) is 4. The van der Waals surface area contributed by atoms with Crippen LogP contribution in [0.5, 0.6) is 0 Å². The number of carbonyl (C=O) groups excluding carboxylic acids is 1. The van der Waals surface area contributed by atoms with Crippen LogP contribution in [0, 0.1) is 11.2 Å². The fraction of sp³-hybridized carbons (Fsp3) is 0.471. The van der Waals surface area contributed by atoms with Crippen LogP contribution in [-0.2, 0) is 6.18 Å². The van der Waals surface area contributed by atoms with Gasteiger partial charge in [0.15, 0.2) is 11.4 Å². The minimum Gasteiger partial charge on any atom is -0.337 e. The van der Waals surface area contributed by atoms with Crippen molar-refractivity contribution in [2.24, 2.45) is 11.1 Å². The second-order valence-electron chi connectivity index (χ2n) is 7.29. The first-order chi connectivity index (χ1) is 12.5. The van der Waals surface area contributed by atoms with E-state index in [4.69, 9.17) is 5.73 Å². The molecule has 1 aliphatic heterocycles. The van der Waals surface area contributed by atoms with Crippen LogP contribution in [0.1, 0.15) is 36.5 Å². The van der Waals surface area contributed by atoms with Crippen LogP contribution < -0.4 is 5.73 Å². The summed E-state index contributed by atoms with van der Waals surface area (Å²) < 4.78 is 54.9. The number of alkyl halides is 3. The lowest BCUT2D eigenvalue weighted by Crippen LogP contribution is -2.54. The van der Waals surface area contributed by atoms with E-state index < -0.39 is 34.7 Å². The first kappa shape index (κ1) is 19.3.